The highest BCUT2D eigenvalue weighted by atomic mass is 32.2. The SMILES string of the molecule is C=CCOC(=O)C1=C(C)N=C2SC=C(CC(=O)NCCN3CCOCC3)N2C1c1cccc(OC)c1OC. The van der Waals surface area contributed by atoms with Crippen molar-refractivity contribution in [1.82, 2.24) is 15.1 Å². The van der Waals surface area contributed by atoms with E-state index in [2.05, 4.69) is 16.8 Å². The first-order chi connectivity index (χ1) is 18.5. The highest BCUT2D eigenvalue weighted by Crippen LogP contribution is 2.48. The fourth-order valence-electron chi connectivity index (χ4n) is 4.67. The van der Waals surface area contributed by atoms with Crippen molar-refractivity contribution in [3.63, 3.8) is 0 Å². The van der Waals surface area contributed by atoms with E-state index in [0.29, 0.717) is 40.0 Å². The zero-order valence-electron chi connectivity index (χ0n) is 22.0. The third kappa shape index (κ3) is 6.06. The Bertz CT molecular complexity index is 1160. The molecule has 0 bridgehead atoms. The number of aliphatic imine (C=N–C) groups is 1. The molecule has 4 rings (SSSR count). The lowest BCUT2D eigenvalue weighted by atomic mass is 9.92. The number of hydrogen-bond acceptors (Lipinski definition) is 10. The van der Waals surface area contributed by atoms with Crippen LogP contribution in [0, 0.1) is 0 Å². The molecule has 0 aromatic heterocycles. The summed E-state index contributed by atoms with van der Waals surface area (Å²) in [6.07, 6.45) is 1.65. The molecule has 1 fully saturated rings. The molecule has 1 N–H and O–H groups in total. The molecule has 3 heterocycles. The van der Waals surface area contributed by atoms with Gasteiger partial charge in [-0.2, -0.15) is 0 Å². The number of nitrogens with one attached hydrogen (secondary N) is 1. The number of fused-ring (bicyclic) bond motifs is 1. The topological polar surface area (TPSA) is 102 Å². The molecule has 1 unspecified atom stereocenters. The van der Waals surface area contributed by atoms with Crippen molar-refractivity contribution in [2.75, 3.05) is 60.2 Å². The minimum absolute atomic E-state index is 0.0666. The normalized spacial score (nSPS) is 19.3. The maximum atomic E-state index is 13.3. The Morgan fingerprint density at radius 2 is 2.05 bits per heavy atom. The van der Waals surface area contributed by atoms with E-state index in [-0.39, 0.29) is 18.9 Å². The Kier molecular flexibility index (Phi) is 9.48. The van der Waals surface area contributed by atoms with Gasteiger partial charge in [0.15, 0.2) is 16.7 Å². The summed E-state index contributed by atoms with van der Waals surface area (Å²) in [7, 11) is 3.12. The van der Waals surface area contributed by atoms with E-state index in [1.165, 1.54) is 17.8 Å². The number of amides is 1. The van der Waals surface area contributed by atoms with Gasteiger partial charge in [0, 0.05) is 37.4 Å². The smallest absolute Gasteiger partial charge is 0.338 e. The van der Waals surface area contributed by atoms with E-state index in [9.17, 15) is 9.59 Å². The Balaban J connectivity index is 1.61. The number of allylic oxidation sites excluding steroid dienone is 1. The maximum absolute atomic E-state index is 13.3. The van der Waals surface area contributed by atoms with Gasteiger partial charge in [-0.15, -0.1) is 0 Å². The molecule has 1 atom stereocenters. The largest absolute Gasteiger partial charge is 0.493 e. The van der Waals surface area contributed by atoms with E-state index >= 15 is 0 Å². The zero-order chi connectivity index (χ0) is 27.1. The molecular formula is C27H34N4O6S. The number of morpholine rings is 1. The second-order valence-corrected chi connectivity index (χ2v) is 9.68. The Labute approximate surface area is 227 Å². The number of para-hydroxylation sites is 1. The molecule has 10 nitrogen and oxygen atoms in total. The molecule has 11 heteroatoms. The molecular weight excluding hydrogens is 508 g/mol. The van der Waals surface area contributed by atoms with Gasteiger partial charge in [0.05, 0.1) is 51.2 Å². The van der Waals surface area contributed by atoms with E-state index in [1.54, 1.807) is 27.2 Å². The summed E-state index contributed by atoms with van der Waals surface area (Å²) >= 11 is 1.42. The van der Waals surface area contributed by atoms with Crippen molar-refractivity contribution < 1.29 is 28.5 Å². The number of esters is 1. The number of carbonyl (C=O) groups is 2. The third-order valence-electron chi connectivity index (χ3n) is 6.48. The van der Waals surface area contributed by atoms with Crippen molar-refractivity contribution in [1.29, 1.82) is 0 Å². The van der Waals surface area contributed by atoms with Gasteiger partial charge >= 0.3 is 5.97 Å². The second kappa shape index (κ2) is 13.0. The number of amidine groups is 1. The van der Waals surface area contributed by atoms with Gasteiger partial charge in [0.2, 0.25) is 5.91 Å². The van der Waals surface area contributed by atoms with Crippen LogP contribution >= 0.6 is 11.8 Å². The molecule has 0 saturated carbocycles. The Hall–Kier alpha value is -3.28. The molecule has 0 radical (unpaired) electrons. The van der Waals surface area contributed by atoms with Crippen LogP contribution in [0.15, 0.2) is 58.2 Å². The molecule has 38 heavy (non-hydrogen) atoms. The summed E-state index contributed by atoms with van der Waals surface area (Å²) in [5.41, 5.74) is 2.33. The molecule has 0 aliphatic carbocycles. The standard InChI is InChI=1S/C27H34N4O6S/c1-5-13-37-26(33)23-18(2)29-27-31(24(23)20-7-6-8-21(34-3)25(20)35-4)19(17-38-27)16-22(32)28-9-10-30-11-14-36-15-12-30/h5-8,17,24H,1,9-16H2,2-4H3,(H,28,32). The second-order valence-electron chi connectivity index (χ2n) is 8.84. The molecule has 3 aliphatic rings. The average Bonchev–Trinajstić information content (AvgIpc) is 3.32. The first-order valence-corrected chi connectivity index (χ1v) is 13.4. The van der Waals surface area contributed by atoms with E-state index in [4.69, 9.17) is 23.9 Å². The number of nitrogens with zero attached hydrogens (tertiary/aromatic N) is 3. The predicted octanol–water partition coefficient (Wildman–Crippen LogP) is 2.85. The summed E-state index contributed by atoms with van der Waals surface area (Å²) in [4.78, 5) is 35.2. The lowest BCUT2D eigenvalue weighted by Crippen LogP contribution is -2.42. The van der Waals surface area contributed by atoms with Crippen LogP contribution in [-0.2, 0) is 19.1 Å². The zero-order valence-corrected chi connectivity index (χ0v) is 22.8. The summed E-state index contributed by atoms with van der Waals surface area (Å²) in [5, 5.41) is 5.60. The fourth-order valence-corrected chi connectivity index (χ4v) is 5.63. The number of hydrogen-bond donors (Lipinski definition) is 1. The van der Waals surface area contributed by atoms with E-state index in [1.807, 2.05) is 22.4 Å². The van der Waals surface area contributed by atoms with Crippen molar-refractivity contribution in [3.05, 3.63) is 58.8 Å². The van der Waals surface area contributed by atoms with Gasteiger partial charge in [-0.25, -0.2) is 9.79 Å². The molecule has 3 aliphatic heterocycles. The van der Waals surface area contributed by atoms with Crippen LogP contribution in [0.5, 0.6) is 11.5 Å². The lowest BCUT2D eigenvalue weighted by Gasteiger charge is -2.37. The van der Waals surface area contributed by atoms with Crippen LogP contribution in [0.2, 0.25) is 0 Å². The first kappa shape index (κ1) is 27.7. The summed E-state index contributed by atoms with van der Waals surface area (Å²) in [6.45, 7) is 9.97. The number of ether oxygens (including phenoxy) is 4. The lowest BCUT2D eigenvalue weighted by molar-refractivity contribution is -0.138. The van der Waals surface area contributed by atoms with E-state index < -0.39 is 12.0 Å². The number of thioether (sulfide) groups is 1. The molecule has 1 saturated heterocycles. The summed E-state index contributed by atoms with van der Waals surface area (Å²) < 4.78 is 22.1. The predicted molar refractivity (Wildman–Crippen MR) is 146 cm³/mol. The summed E-state index contributed by atoms with van der Waals surface area (Å²) in [5.74, 6) is 0.411. The van der Waals surface area contributed by atoms with Gasteiger partial charge in [0.1, 0.15) is 6.61 Å². The highest BCUT2D eigenvalue weighted by Gasteiger charge is 2.42. The van der Waals surface area contributed by atoms with Crippen molar-refractivity contribution >= 4 is 28.8 Å². The number of rotatable bonds is 11. The maximum Gasteiger partial charge on any atom is 0.338 e. The van der Waals surface area contributed by atoms with Crippen LogP contribution in [0.3, 0.4) is 0 Å². The third-order valence-corrected chi connectivity index (χ3v) is 7.37. The molecule has 1 amide bonds. The number of carbonyl (C=O) groups excluding carboxylic acids is 2. The first-order valence-electron chi connectivity index (χ1n) is 12.5. The molecule has 1 aromatic carbocycles. The van der Waals surface area contributed by atoms with E-state index in [0.717, 1.165) is 38.5 Å². The van der Waals surface area contributed by atoms with Gasteiger partial charge in [-0.05, 0) is 18.4 Å². The average molecular weight is 543 g/mol. The number of benzene rings is 1. The van der Waals surface area contributed by atoms with Gasteiger partial charge in [-0.1, -0.05) is 36.5 Å². The monoisotopic (exact) mass is 542 g/mol. The minimum Gasteiger partial charge on any atom is -0.493 e. The number of methoxy groups -OCH3 is 2. The van der Waals surface area contributed by atoms with Gasteiger partial charge in [0.25, 0.3) is 0 Å². The van der Waals surface area contributed by atoms with Crippen LogP contribution in [-0.4, -0.2) is 87.1 Å². The molecule has 1 aromatic rings. The van der Waals surface area contributed by atoms with Crippen LogP contribution in [0.25, 0.3) is 0 Å². The Morgan fingerprint density at radius 3 is 2.76 bits per heavy atom. The van der Waals surface area contributed by atoms with Crippen LogP contribution in [0.4, 0.5) is 0 Å². The van der Waals surface area contributed by atoms with Crippen LogP contribution in [0.1, 0.15) is 24.9 Å². The summed E-state index contributed by atoms with van der Waals surface area (Å²) in [6, 6.07) is 4.89. The van der Waals surface area contributed by atoms with Crippen molar-refractivity contribution in [2.45, 2.75) is 19.4 Å². The van der Waals surface area contributed by atoms with Crippen molar-refractivity contribution in [2.24, 2.45) is 4.99 Å². The van der Waals surface area contributed by atoms with Gasteiger partial charge in [-0.3, -0.25) is 9.69 Å². The van der Waals surface area contributed by atoms with Crippen LogP contribution < -0.4 is 14.8 Å². The quantitative estimate of drug-likeness (QED) is 0.334. The van der Waals surface area contributed by atoms with Crippen molar-refractivity contribution in [3.8, 4) is 11.5 Å². The minimum atomic E-state index is -0.632. The fraction of sp³-hybridized carbons (Fsp3) is 0.444. The molecule has 0 spiro atoms. The molecule has 204 valence electrons. The van der Waals surface area contributed by atoms with Gasteiger partial charge < -0.3 is 29.2 Å². The Morgan fingerprint density at radius 1 is 1.26 bits per heavy atom. The highest BCUT2D eigenvalue weighted by molar-refractivity contribution is 8.16.